The predicted octanol–water partition coefficient (Wildman–Crippen LogP) is 2.01. The number of carbonyl (C=O) groups is 1. The third kappa shape index (κ3) is 2.63. The predicted molar refractivity (Wildman–Crippen MR) is 90.9 cm³/mol. The molecule has 0 bridgehead atoms. The number of aromatic amines is 1. The van der Waals surface area contributed by atoms with Gasteiger partial charge in [0.2, 0.25) is 0 Å². The molecule has 124 valence electrons. The first kappa shape index (κ1) is 16.1. The molecular formula is C16H15ClN4O3. The second kappa shape index (κ2) is 6.01. The Morgan fingerprint density at radius 3 is 2.83 bits per heavy atom. The molecule has 0 saturated heterocycles. The van der Waals surface area contributed by atoms with Crippen LogP contribution >= 0.6 is 11.6 Å². The van der Waals surface area contributed by atoms with Crippen LogP contribution in [0.25, 0.3) is 0 Å². The van der Waals surface area contributed by atoms with Gasteiger partial charge in [-0.25, -0.2) is 9.59 Å². The van der Waals surface area contributed by atoms with E-state index in [4.69, 9.17) is 22.1 Å². The van der Waals surface area contributed by atoms with Crippen LogP contribution in [0.1, 0.15) is 24.0 Å². The number of aromatic nitrogens is 2. The monoisotopic (exact) mass is 346 g/mol. The zero-order valence-corrected chi connectivity index (χ0v) is 13.8. The number of ether oxygens (including phenoxy) is 1. The van der Waals surface area contributed by atoms with Gasteiger partial charge in [0.25, 0.3) is 0 Å². The molecule has 24 heavy (non-hydrogen) atoms. The van der Waals surface area contributed by atoms with E-state index in [9.17, 15) is 9.59 Å². The maximum absolute atomic E-state index is 12.3. The third-order valence-electron chi connectivity index (χ3n) is 3.87. The van der Waals surface area contributed by atoms with Crippen molar-refractivity contribution in [2.45, 2.75) is 12.8 Å². The Bertz CT molecular complexity index is 920. The number of benzene rings is 1. The number of hydrogen-bond donors (Lipinski definition) is 3. The van der Waals surface area contributed by atoms with Crippen molar-refractivity contribution in [1.29, 1.82) is 0 Å². The average Bonchev–Trinajstić information content (AvgIpc) is 2.52. The summed E-state index contributed by atoms with van der Waals surface area (Å²) >= 11 is 6.10. The number of nitrogens with two attached hydrogens (primary N) is 1. The first-order valence-corrected chi connectivity index (χ1v) is 7.51. The molecule has 4 N–H and O–H groups in total. The minimum absolute atomic E-state index is 0.136. The molecular weight excluding hydrogens is 332 g/mol. The molecule has 1 aliphatic rings. The molecule has 1 aromatic heterocycles. The summed E-state index contributed by atoms with van der Waals surface area (Å²) in [5.41, 5.74) is 7.61. The van der Waals surface area contributed by atoms with Gasteiger partial charge in [-0.05, 0) is 24.6 Å². The van der Waals surface area contributed by atoms with E-state index in [1.165, 1.54) is 7.11 Å². The lowest BCUT2D eigenvalue weighted by Gasteiger charge is -2.29. The number of nitrogens with zero attached hydrogens (tertiary/aromatic N) is 1. The second-order valence-corrected chi connectivity index (χ2v) is 5.80. The van der Waals surface area contributed by atoms with Crippen LogP contribution in [0.4, 0.5) is 11.6 Å². The molecule has 1 atom stereocenters. The fourth-order valence-corrected chi connectivity index (χ4v) is 3.09. The van der Waals surface area contributed by atoms with Crippen molar-refractivity contribution < 1.29 is 9.53 Å². The molecule has 0 fully saturated rings. The number of fused-ring (bicyclic) bond motifs is 1. The molecule has 3 rings (SSSR count). The number of H-pyrrole nitrogens is 1. The Balaban J connectivity index is 2.32. The highest BCUT2D eigenvalue weighted by Gasteiger charge is 2.35. The van der Waals surface area contributed by atoms with Gasteiger partial charge in [0.15, 0.2) is 0 Å². The van der Waals surface area contributed by atoms with Crippen molar-refractivity contribution in [2.24, 2.45) is 0 Å². The van der Waals surface area contributed by atoms with Crippen molar-refractivity contribution in [2.75, 3.05) is 18.2 Å². The van der Waals surface area contributed by atoms with Crippen molar-refractivity contribution in [3.63, 3.8) is 0 Å². The molecule has 1 aliphatic heterocycles. The number of carbonyl (C=O) groups excluding carboxylic acids is 1. The van der Waals surface area contributed by atoms with Crippen LogP contribution in [0.3, 0.4) is 0 Å². The number of anilines is 2. The second-order valence-electron chi connectivity index (χ2n) is 5.36. The Labute approximate surface area is 142 Å². The maximum Gasteiger partial charge on any atom is 0.348 e. The number of nitrogen functional groups attached to an aromatic ring is 1. The summed E-state index contributed by atoms with van der Waals surface area (Å²) < 4.78 is 4.92. The first-order valence-electron chi connectivity index (χ1n) is 7.13. The van der Waals surface area contributed by atoms with Gasteiger partial charge >= 0.3 is 11.7 Å². The molecule has 1 aromatic carbocycles. The quantitative estimate of drug-likeness (QED) is 0.717. The number of nitrogens with one attached hydrogen (secondary N) is 2. The highest BCUT2D eigenvalue weighted by atomic mass is 35.5. The Morgan fingerprint density at radius 2 is 2.17 bits per heavy atom. The van der Waals surface area contributed by atoms with Gasteiger partial charge in [0.1, 0.15) is 11.6 Å². The number of hydrogen-bond acceptors (Lipinski definition) is 6. The van der Waals surface area contributed by atoms with E-state index in [2.05, 4.69) is 15.3 Å². The van der Waals surface area contributed by atoms with Crippen molar-refractivity contribution in [1.82, 2.24) is 9.97 Å². The van der Waals surface area contributed by atoms with Gasteiger partial charge < -0.3 is 15.8 Å². The maximum atomic E-state index is 12.3. The summed E-state index contributed by atoms with van der Waals surface area (Å²) in [6, 6.07) is 7.07. The summed E-state index contributed by atoms with van der Waals surface area (Å²) in [6.07, 6.45) is 0. The molecule has 2 heterocycles. The van der Waals surface area contributed by atoms with Gasteiger partial charge in [0, 0.05) is 16.3 Å². The summed E-state index contributed by atoms with van der Waals surface area (Å²) in [7, 11) is 1.31. The third-order valence-corrected chi connectivity index (χ3v) is 4.11. The standard InChI is InChI=1S/C16H15ClN4O3/c1-7-10(15(22)24-2)11(8-4-3-5-9(17)6-8)12-13(18)20-16(23)21-14(12)19-7/h3-6,11H,1-2H3,(H4,18,19,20,21,23). The van der Waals surface area contributed by atoms with E-state index in [1.807, 2.05) is 6.07 Å². The minimum Gasteiger partial charge on any atom is -0.466 e. The topological polar surface area (TPSA) is 110 Å². The largest absolute Gasteiger partial charge is 0.466 e. The van der Waals surface area contributed by atoms with E-state index < -0.39 is 17.6 Å². The highest BCUT2D eigenvalue weighted by molar-refractivity contribution is 6.30. The van der Waals surface area contributed by atoms with Crippen molar-refractivity contribution in [3.05, 3.63) is 62.2 Å². The Morgan fingerprint density at radius 1 is 1.42 bits per heavy atom. The Kier molecular flexibility index (Phi) is 4.02. The molecule has 7 nitrogen and oxygen atoms in total. The fraction of sp³-hybridized carbons (Fsp3) is 0.188. The Hall–Kier alpha value is -2.80. The van der Waals surface area contributed by atoms with Gasteiger partial charge in [-0.1, -0.05) is 23.7 Å². The molecule has 2 aromatic rings. The normalized spacial score (nSPS) is 16.4. The average molecular weight is 347 g/mol. The lowest BCUT2D eigenvalue weighted by Crippen LogP contribution is -2.28. The van der Waals surface area contributed by atoms with E-state index >= 15 is 0 Å². The van der Waals surface area contributed by atoms with Crippen LogP contribution in [-0.4, -0.2) is 23.0 Å². The van der Waals surface area contributed by atoms with Gasteiger partial charge in [0.05, 0.1) is 18.6 Å². The lowest BCUT2D eigenvalue weighted by atomic mass is 9.82. The van der Waals surface area contributed by atoms with Crippen LogP contribution in [0.2, 0.25) is 5.02 Å². The number of halogens is 1. The van der Waals surface area contributed by atoms with Crippen LogP contribution in [0.15, 0.2) is 40.3 Å². The smallest absolute Gasteiger partial charge is 0.348 e. The summed E-state index contributed by atoms with van der Waals surface area (Å²) in [5, 5.41) is 3.47. The molecule has 0 radical (unpaired) electrons. The van der Waals surface area contributed by atoms with Gasteiger partial charge in [-0.15, -0.1) is 0 Å². The molecule has 0 saturated carbocycles. The van der Waals surface area contributed by atoms with Crippen LogP contribution in [0, 0.1) is 0 Å². The van der Waals surface area contributed by atoms with E-state index in [0.717, 1.165) is 5.56 Å². The van der Waals surface area contributed by atoms with Crippen LogP contribution in [-0.2, 0) is 9.53 Å². The van der Waals surface area contributed by atoms with Gasteiger partial charge in [-0.3, -0.25) is 4.98 Å². The molecule has 1 unspecified atom stereocenters. The van der Waals surface area contributed by atoms with Crippen LogP contribution < -0.4 is 16.7 Å². The summed E-state index contributed by atoms with van der Waals surface area (Å²) in [6.45, 7) is 1.71. The van der Waals surface area contributed by atoms with E-state index in [1.54, 1.807) is 25.1 Å². The summed E-state index contributed by atoms with van der Waals surface area (Å²) in [5.74, 6) is -0.610. The first-order chi connectivity index (χ1) is 11.4. The van der Waals surface area contributed by atoms with Crippen molar-refractivity contribution in [3.8, 4) is 0 Å². The number of allylic oxidation sites excluding steroid dienone is 1. The lowest BCUT2D eigenvalue weighted by molar-refractivity contribution is -0.136. The minimum atomic E-state index is -0.571. The fourth-order valence-electron chi connectivity index (χ4n) is 2.89. The summed E-state index contributed by atoms with van der Waals surface area (Å²) in [4.78, 5) is 30.4. The van der Waals surface area contributed by atoms with E-state index in [-0.39, 0.29) is 5.82 Å². The molecule has 8 heteroatoms. The zero-order chi connectivity index (χ0) is 17.4. The number of methoxy groups -OCH3 is 1. The van der Waals surface area contributed by atoms with Crippen LogP contribution in [0.5, 0.6) is 0 Å². The highest BCUT2D eigenvalue weighted by Crippen LogP contribution is 2.43. The zero-order valence-electron chi connectivity index (χ0n) is 13.0. The SMILES string of the molecule is COC(=O)C1=C(C)Nc2nc(=O)[nH]c(N)c2C1c1cccc(Cl)c1. The molecule has 0 amide bonds. The van der Waals surface area contributed by atoms with E-state index in [0.29, 0.717) is 27.7 Å². The number of esters is 1. The molecule has 0 aliphatic carbocycles. The molecule has 0 spiro atoms. The van der Waals surface area contributed by atoms with Crippen molar-refractivity contribution >= 4 is 29.2 Å². The number of rotatable bonds is 2. The van der Waals surface area contributed by atoms with Gasteiger partial charge in [-0.2, -0.15) is 4.98 Å².